The molecule has 0 bridgehead atoms. The minimum Gasteiger partial charge on any atom is -0.303 e. The summed E-state index contributed by atoms with van der Waals surface area (Å²) in [4.78, 5) is 2.56. The molecular weight excluding hydrogens is 390 g/mol. The summed E-state index contributed by atoms with van der Waals surface area (Å²) < 4.78 is 108. The minimum absolute atomic E-state index is 0.493. The number of halogens is 6. The first-order chi connectivity index (χ1) is 10.5. The Kier molecular flexibility index (Phi) is 7.98. The lowest BCUT2D eigenvalue weighted by molar-refractivity contribution is -0.0476. The van der Waals surface area contributed by atoms with Crippen molar-refractivity contribution in [1.29, 1.82) is 0 Å². The second-order valence-electron chi connectivity index (χ2n) is 5.18. The molecule has 1 N–H and O–H groups in total. The lowest BCUT2D eigenvalue weighted by Gasteiger charge is -2.12. The predicted molar refractivity (Wildman–Crippen MR) is 73.6 cm³/mol. The van der Waals surface area contributed by atoms with Crippen molar-refractivity contribution < 1.29 is 43.2 Å². The van der Waals surface area contributed by atoms with E-state index in [2.05, 4.69) is 18.7 Å². The van der Waals surface area contributed by atoms with Crippen LogP contribution in [0.1, 0.15) is 26.7 Å². The summed E-state index contributed by atoms with van der Waals surface area (Å²) in [6.07, 6.45) is 2.73. The Labute approximate surface area is 136 Å². The molecule has 0 aromatic heterocycles. The van der Waals surface area contributed by atoms with Crippen molar-refractivity contribution in [2.75, 3.05) is 19.6 Å². The number of rotatable bonds is 4. The van der Waals surface area contributed by atoms with Gasteiger partial charge in [0.1, 0.15) is 0 Å². The van der Waals surface area contributed by atoms with E-state index in [-0.39, 0.29) is 0 Å². The van der Waals surface area contributed by atoms with Gasteiger partial charge in [-0.1, -0.05) is 18.0 Å². The van der Waals surface area contributed by atoms with Crippen molar-refractivity contribution in [3.63, 3.8) is 0 Å². The molecule has 0 aliphatic carbocycles. The van der Waals surface area contributed by atoms with Crippen LogP contribution in [-0.2, 0) is 20.0 Å². The third-order valence-corrected chi connectivity index (χ3v) is 5.85. The van der Waals surface area contributed by atoms with E-state index in [9.17, 15) is 43.2 Å². The van der Waals surface area contributed by atoms with Crippen LogP contribution in [0.3, 0.4) is 0 Å². The van der Waals surface area contributed by atoms with Crippen molar-refractivity contribution in [3.05, 3.63) is 0 Å². The highest BCUT2D eigenvalue weighted by atomic mass is 32.3. The molecular formula is C10H18F6N2O4S2. The number of likely N-dealkylation sites (tertiary alicyclic amines) is 1. The highest BCUT2D eigenvalue weighted by molar-refractivity contribution is 8.05. The molecule has 0 radical (unpaired) electrons. The number of nitrogens with one attached hydrogen (secondary N) is 1. The lowest BCUT2D eigenvalue weighted by Crippen LogP contribution is -2.45. The second kappa shape index (κ2) is 8.19. The van der Waals surface area contributed by atoms with Gasteiger partial charge in [-0.15, -0.1) is 0 Å². The normalized spacial score (nSPS) is 20.6. The maximum Gasteiger partial charge on any atom is 0.512 e. The summed E-state index contributed by atoms with van der Waals surface area (Å²) in [5.74, 6) is 0.955. The molecule has 0 amide bonds. The quantitative estimate of drug-likeness (QED) is 0.720. The summed E-state index contributed by atoms with van der Waals surface area (Å²) in [5, 5.41) is 0. The number of hydrogen-bond donors (Lipinski definition) is 1. The molecule has 14 heteroatoms. The van der Waals surface area contributed by atoms with Crippen LogP contribution in [0.2, 0.25) is 0 Å². The van der Waals surface area contributed by atoms with Gasteiger partial charge in [0.05, 0.1) is 0 Å². The Bertz CT molecular complexity index is 556. The predicted octanol–water partition coefficient (Wildman–Crippen LogP) is 2.01. The zero-order chi connectivity index (χ0) is 19.4. The SMILES string of the molecule is CCCN1CCC(C)C1.O=S(=O)(NS(=O)(=O)C(F)(F)F)C(F)(F)F. The highest BCUT2D eigenvalue weighted by Crippen LogP contribution is 2.27. The second-order valence-corrected chi connectivity index (χ2v) is 8.78. The first-order valence-corrected chi connectivity index (χ1v) is 9.63. The van der Waals surface area contributed by atoms with E-state index < -0.39 is 35.2 Å². The monoisotopic (exact) mass is 408 g/mol. The van der Waals surface area contributed by atoms with Gasteiger partial charge in [-0.05, 0) is 31.8 Å². The van der Waals surface area contributed by atoms with Crippen LogP contribution in [-0.4, -0.2) is 52.4 Å². The van der Waals surface area contributed by atoms with E-state index in [1.54, 1.807) is 0 Å². The fraction of sp³-hybridized carbons (Fsp3) is 1.00. The number of alkyl halides is 6. The fourth-order valence-electron chi connectivity index (χ4n) is 1.78. The van der Waals surface area contributed by atoms with E-state index in [0.717, 1.165) is 5.92 Å². The average Bonchev–Trinajstić information content (AvgIpc) is 2.72. The third kappa shape index (κ3) is 7.11. The van der Waals surface area contributed by atoms with Gasteiger partial charge in [0, 0.05) is 6.54 Å². The molecule has 24 heavy (non-hydrogen) atoms. The smallest absolute Gasteiger partial charge is 0.303 e. The molecule has 0 spiro atoms. The minimum atomic E-state index is -6.60. The van der Waals surface area contributed by atoms with Gasteiger partial charge in [-0.3, -0.25) is 0 Å². The Morgan fingerprint density at radius 2 is 1.42 bits per heavy atom. The fourth-order valence-corrected chi connectivity index (χ4v) is 3.70. The molecule has 1 heterocycles. The topological polar surface area (TPSA) is 83.6 Å². The molecule has 1 saturated heterocycles. The van der Waals surface area contributed by atoms with Crippen LogP contribution in [0.4, 0.5) is 26.3 Å². The van der Waals surface area contributed by atoms with E-state index in [1.165, 1.54) is 32.5 Å². The summed E-state index contributed by atoms with van der Waals surface area (Å²) in [7, 11) is -13.2. The average molecular weight is 408 g/mol. The van der Waals surface area contributed by atoms with E-state index in [0.29, 0.717) is 0 Å². The molecule has 1 rings (SSSR count). The van der Waals surface area contributed by atoms with Gasteiger partial charge >= 0.3 is 31.1 Å². The van der Waals surface area contributed by atoms with Crippen LogP contribution in [0.15, 0.2) is 0 Å². The Morgan fingerprint density at radius 3 is 1.67 bits per heavy atom. The van der Waals surface area contributed by atoms with Gasteiger partial charge in [0.2, 0.25) is 0 Å². The summed E-state index contributed by atoms with van der Waals surface area (Å²) in [6, 6.07) is 0. The van der Waals surface area contributed by atoms with Gasteiger partial charge in [0.25, 0.3) is 0 Å². The van der Waals surface area contributed by atoms with Crippen molar-refractivity contribution in [3.8, 4) is 0 Å². The summed E-state index contributed by atoms with van der Waals surface area (Å²) >= 11 is 0. The Morgan fingerprint density at radius 1 is 1.00 bits per heavy atom. The molecule has 0 saturated carbocycles. The first-order valence-electron chi connectivity index (χ1n) is 6.67. The van der Waals surface area contributed by atoms with Crippen LogP contribution in [0.5, 0.6) is 0 Å². The number of sulfonamides is 2. The molecule has 0 aromatic carbocycles. The molecule has 1 aliphatic rings. The Hall–Kier alpha value is -0.600. The molecule has 1 unspecified atom stereocenters. The summed E-state index contributed by atoms with van der Waals surface area (Å²) in [5.41, 5.74) is -12.3. The van der Waals surface area contributed by atoms with Crippen molar-refractivity contribution in [1.82, 2.24) is 9.03 Å². The van der Waals surface area contributed by atoms with E-state index in [4.69, 9.17) is 0 Å². The van der Waals surface area contributed by atoms with Gasteiger partial charge < -0.3 is 4.90 Å². The third-order valence-electron chi connectivity index (χ3n) is 2.88. The maximum atomic E-state index is 11.5. The standard InChI is InChI=1S/C8H17N.C2HF6NO4S2/c1-3-5-9-6-4-8(2)7-9;3-1(4,5)14(10,11)9-15(12,13)2(6,7)8/h8H,3-7H2,1-2H3;9H. The van der Waals surface area contributed by atoms with Gasteiger partial charge in [0.15, 0.2) is 0 Å². The highest BCUT2D eigenvalue weighted by Gasteiger charge is 2.55. The molecule has 1 aliphatic heterocycles. The number of nitrogens with zero attached hydrogens (tertiary/aromatic N) is 1. The first kappa shape index (κ1) is 23.4. The van der Waals surface area contributed by atoms with Crippen LogP contribution in [0.25, 0.3) is 0 Å². The zero-order valence-electron chi connectivity index (χ0n) is 12.8. The van der Waals surface area contributed by atoms with Crippen molar-refractivity contribution >= 4 is 20.0 Å². The largest absolute Gasteiger partial charge is 0.512 e. The summed E-state index contributed by atoms with van der Waals surface area (Å²) in [6.45, 7) is 8.59. The van der Waals surface area contributed by atoms with E-state index in [1.807, 2.05) is 0 Å². The molecule has 0 aromatic rings. The maximum absolute atomic E-state index is 11.5. The Balaban J connectivity index is 0.000000496. The van der Waals surface area contributed by atoms with Gasteiger partial charge in [-0.2, -0.15) is 26.3 Å². The van der Waals surface area contributed by atoms with Crippen LogP contribution < -0.4 is 4.13 Å². The molecule has 1 atom stereocenters. The molecule has 146 valence electrons. The molecule has 6 nitrogen and oxygen atoms in total. The van der Waals surface area contributed by atoms with Gasteiger partial charge in [-0.25, -0.2) is 16.8 Å². The van der Waals surface area contributed by atoms with Crippen LogP contribution >= 0.6 is 0 Å². The van der Waals surface area contributed by atoms with Crippen molar-refractivity contribution in [2.45, 2.75) is 37.7 Å². The molecule has 1 fully saturated rings. The van der Waals surface area contributed by atoms with E-state index >= 15 is 0 Å². The van der Waals surface area contributed by atoms with Crippen molar-refractivity contribution in [2.24, 2.45) is 5.92 Å². The zero-order valence-corrected chi connectivity index (χ0v) is 14.4. The van der Waals surface area contributed by atoms with Crippen LogP contribution in [0, 0.1) is 5.92 Å². The lowest BCUT2D eigenvalue weighted by atomic mass is 10.2. The number of hydrogen-bond acceptors (Lipinski definition) is 5.